The third kappa shape index (κ3) is 5.22. The molecule has 2 aromatic heterocycles. The highest BCUT2D eigenvalue weighted by atomic mass is 32.2. The molecular weight excluding hydrogens is 318 g/mol. The number of fused-ring (bicyclic) bond motifs is 1. The van der Waals surface area contributed by atoms with Gasteiger partial charge in [0, 0.05) is 10.9 Å². The molecule has 0 fully saturated rings. The summed E-state index contributed by atoms with van der Waals surface area (Å²) in [6, 6.07) is 16.9. The number of hydrogen-bond donors (Lipinski definition) is 0. The van der Waals surface area contributed by atoms with Crippen LogP contribution in [-0.2, 0) is 0 Å². The van der Waals surface area contributed by atoms with Crippen LogP contribution >= 0.6 is 23.1 Å². The standard InChI is InChI=1S/C17H17NS2.C3H6/c1-2-3-11-19-16-12-14-9-10-15(18-17(14)20-16)13-7-5-4-6-8-13;1-3-2/h4-10,12H,2-3,11H2,1H3;3H,1H2,2H3. The molecule has 3 aromatic rings. The molecule has 0 amide bonds. The van der Waals surface area contributed by atoms with Crippen LogP contribution in [0.4, 0.5) is 0 Å². The van der Waals surface area contributed by atoms with E-state index in [1.807, 2.05) is 36.1 Å². The Hall–Kier alpha value is -1.58. The van der Waals surface area contributed by atoms with Crippen LogP contribution in [-0.4, -0.2) is 10.7 Å². The van der Waals surface area contributed by atoms with Crippen molar-refractivity contribution in [3.05, 3.63) is 61.2 Å². The molecule has 0 unspecified atom stereocenters. The fraction of sp³-hybridized carbons (Fsp3) is 0.250. The van der Waals surface area contributed by atoms with Gasteiger partial charge < -0.3 is 0 Å². The van der Waals surface area contributed by atoms with E-state index in [1.165, 1.54) is 33.8 Å². The molecule has 0 atom stereocenters. The molecule has 0 N–H and O–H groups in total. The van der Waals surface area contributed by atoms with E-state index in [0.29, 0.717) is 0 Å². The van der Waals surface area contributed by atoms with Crippen LogP contribution in [0.5, 0.6) is 0 Å². The molecule has 0 aliphatic carbocycles. The largest absolute Gasteiger partial charge is 0.237 e. The maximum Gasteiger partial charge on any atom is 0.125 e. The van der Waals surface area contributed by atoms with Crippen LogP contribution in [0.2, 0.25) is 0 Å². The lowest BCUT2D eigenvalue weighted by molar-refractivity contribution is 0.896. The molecule has 0 saturated heterocycles. The summed E-state index contributed by atoms with van der Waals surface area (Å²) in [5, 5.41) is 1.26. The van der Waals surface area contributed by atoms with Crippen molar-refractivity contribution in [3.8, 4) is 11.3 Å². The van der Waals surface area contributed by atoms with Gasteiger partial charge in [0.05, 0.1) is 9.90 Å². The Morgan fingerprint density at radius 1 is 1.17 bits per heavy atom. The SMILES string of the molecule is C=CC.CCCCSc1cc2ccc(-c3ccccc3)nc2s1. The third-order valence-electron chi connectivity index (χ3n) is 3.17. The Labute approximate surface area is 147 Å². The number of rotatable bonds is 5. The van der Waals surface area contributed by atoms with E-state index >= 15 is 0 Å². The Bertz CT molecular complexity index is 732. The molecule has 120 valence electrons. The summed E-state index contributed by atoms with van der Waals surface area (Å²) in [6.07, 6.45) is 4.29. The second-order valence-electron chi connectivity index (χ2n) is 5.13. The number of aromatic nitrogens is 1. The number of allylic oxidation sites excluding steroid dienone is 1. The maximum absolute atomic E-state index is 4.80. The molecular formula is C20H23NS2. The van der Waals surface area contributed by atoms with Gasteiger partial charge in [-0.2, -0.15) is 0 Å². The fourth-order valence-corrected chi connectivity index (χ4v) is 4.38. The Morgan fingerprint density at radius 2 is 1.91 bits per heavy atom. The van der Waals surface area contributed by atoms with E-state index in [1.54, 1.807) is 6.08 Å². The maximum atomic E-state index is 4.80. The summed E-state index contributed by atoms with van der Waals surface area (Å²) in [4.78, 5) is 5.94. The van der Waals surface area contributed by atoms with E-state index in [0.717, 1.165) is 10.5 Å². The van der Waals surface area contributed by atoms with Gasteiger partial charge >= 0.3 is 0 Å². The van der Waals surface area contributed by atoms with Crippen molar-refractivity contribution in [2.75, 3.05) is 5.75 Å². The van der Waals surface area contributed by atoms with E-state index in [-0.39, 0.29) is 0 Å². The first-order chi connectivity index (χ1) is 11.3. The van der Waals surface area contributed by atoms with Gasteiger partial charge in [0.15, 0.2) is 0 Å². The third-order valence-corrected chi connectivity index (χ3v) is 5.51. The zero-order chi connectivity index (χ0) is 16.5. The average molecular weight is 342 g/mol. The molecule has 1 aromatic carbocycles. The molecule has 0 spiro atoms. The lowest BCUT2D eigenvalue weighted by atomic mass is 10.1. The van der Waals surface area contributed by atoms with Crippen LogP contribution in [0.25, 0.3) is 21.5 Å². The van der Waals surface area contributed by atoms with Crippen molar-refractivity contribution >= 4 is 33.3 Å². The van der Waals surface area contributed by atoms with Gasteiger partial charge in [0.25, 0.3) is 0 Å². The molecule has 0 radical (unpaired) electrons. The number of hydrogen-bond acceptors (Lipinski definition) is 3. The Balaban J connectivity index is 0.000000595. The monoisotopic (exact) mass is 341 g/mol. The summed E-state index contributed by atoms with van der Waals surface area (Å²) in [5.41, 5.74) is 2.24. The van der Waals surface area contributed by atoms with Gasteiger partial charge in [-0.05, 0) is 37.3 Å². The molecule has 23 heavy (non-hydrogen) atoms. The number of unbranched alkanes of at least 4 members (excludes halogenated alkanes) is 1. The van der Waals surface area contributed by atoms with Crippen LogP contribution in [0.3, 0.4) is 0 Å². The Morgan fingerprint density at radius 3 is 2.61 bits per heavy atom. The van der Waals surface area contributed by atoms with E-state index in [9.17, 15) is 0 Å². The van der Waals surface area contributed by atoms with E-state index in [2.05, 4.69) is 56.0 Å². The van der Waals surface area contributed by atoms with Crippen LogP contribution < -0.4 is 0 Å². The first kappa shape index (κ1) is 17.8. The highest BCUT2D eigenvalue weighted by Gasteiger charge is 2.06. The normalized spacial score (nSPS) is 10.2. The van der Waals surface area contributed by atoms with Crippen molar-refractivity contribution in [1.82, 2.24) is 4.98 Å². The summed E-state index contributed by atoms with van der Waals surface area (Å²) >= 11 is 3.76. The van der Waals surface area contributed by atoms with Gasteiger partial charge in [0.1, 0.15) is 4.83 Å². The Kier molecular flexibility index (Phi) is 7.37. The van der Waals surface area contributed by atoms with Crippen LogP contribution in [0.15, 0.2) is 65.4 Å². The minimum atomic E-state index is 1.06. The second-order valence-corrected chi connectivity index (χ2v) is 7.56. The first-order valence-corrected chi connectivity index (χ1v) is 9.74. The number of benzene rings is 1. The molecule has 2 heterocycles. The smallest absolute Gasteiger partial charge is 0.125 e. The molecule has 0 aliphatic heterocycles. The minimum Gasteiger partial charge on any atom is -0.237 e. The number of thioether (sulfide) groups is 1. The van der Waals surface area contributed by atoms with Gasteiger partial charge in [-0.3, -0.25) is 0 Å². The quantitative estimate of drug-likeness (QED) is 0.280. The topological polar surface area (TPSA) is 12.9 Å². The van der Waals surface area contributed by atoms with Crippen molar-refractivity contribution in [1.29, 1.82) is 0 Å². The fourth-order valence-electron chi connectivity index (χ4n) is 2.05. The first-order valence-electron chi connectivity index (χ1n) is 7.94. The van der Waals surface area contributed by atoms with Crippen molar-refractivity contribution < 1.29 is 0 Å². The molecule has 3 heteroatoms. The molecule has 0 aliphatic rings. The van der Waals surface area contributed by atoms with Gasteiger partial charge in [-0.25, -0.2) is 4.98 Å². The van der Waals surface area contributed by atoms with Crippen LogP contribution in [0.1, 0.15) is 26.7 Å². The predicted octanol–water partition coefficient (Wildman–Crippen LogP) is 7.05. The summed E-state index contributed by atoms with van der Waals surface area (Å²) in [5.74, 6) is 1.20. The van der Waals surface area contributed by atoms with Crippen molar-refractivity contribution in [2.24, 2.45) is 0 Å². The van der Waals surface area contributed by atoms with Gasteiger partial charge in [-0.15, -0.1) is 29.7 Å². The van der Waals surface area contributed by atoms with E-state index in [4.69, 9.17) is 4.98 Å². The molecule has 0 bridgehead atoms. The van der Waals surface area contributed by atoms with Gasteiger partial charge in [-0.1, -0.05) is 49.8 Å². The minimum absolute atomic E-state index is 1.06. The average Bonchev–Trinajstić information content (AvgIpc) is 2.98. The zero-order valence-corrected chi connectivity index (χ0v) is 15.4. The molecule has 3 rings (SSSR count). The van der Waals surface area contributed by atoms with Crippen LogP contribution in [0, 0.1) is 0 Å². The second kappa shape index (κ2) is 9.53. The number of thiophene rings is 1. The lowest BCUT2D eigenvalue weighted by Crippen LogP contribution is -1.81. The highest BCUT2D eigenvalue weighted by Crippen LogP contribution is 2.33. The number of nitrogens with zero attached hydrogens (tertiary/aromatic N) is 1. The lowest BCUT2D eigenvalue weighted by Gasteiger charge is -1.99. The summed E-state index contributed by atoms with van der Waals surface area (Å²) in [6.45, 7) is 7.49. The predicted molar refractivity (Wildman–Crippen MR) is 107 cm³/mol. The summed E-state index contributed by atoms with van der Waals surface area (Å²) in [7, 11) is 0. The summed E-state index contributed by atoms with van der Waals surface area (Å²) < 4.78 is 1.38. The highest BCUT2D eigenvalue weighted by molar-refractivity contribution is 8.01. The van der Waals surface area contributed by atoms with E-state index < -0.39 is 0 Å². The molecule has 1 nitrogen and oxygen atoms in total. The van der Waals surface area contributed by atoms with Gasteiger partial charge in [0.2, 0.25) is 0 Å². The molecule has 0 saturated carbocycles. The van der Waals surface area contributed by atoms with Crippen molar-refractivity contribution in [2.45, 2.75) is 30.9 Å². The number of pyridine rings is 1. The zero-order valence-electron chi connectivity index (χ0n) is 13.8. The van der Waals surface area contributed by atoms with Crippen molar-refractivity contribution in [3.63, 3.8) is 0 Å².